The first-order chi connectivity index (χ1) is 7.74. The Bertz CT molecular complexity index is 314. The zero-order valence-corrected chi connectivity index (χ0v) is 10.2. The third-order valence-electron chi connectivity index (χ3n) is 2.41. The fourth-order valence-electron chi connectivity index (χ4n) is 1.46. The van der Waals surface area contributed by atoms with E-state index in [-0.39, 0.29) is 5.78 Å². The van der Waals surface area contributed by atoms with E-state index in [1.807, 2.05) is 31.2 Å². The summed E-state index contributed by atoms with van der Waals surface area (Å²) in [5.41, 5.74) is 1.99. The molecular weight excluding hydrogens is 200 g/mol. The van der Waals surface area contributed by atoms with Crippen molar-refractivity contribution >= 4 is 5.78 Å². The number of ether oxygens (including phenoxy) is 1. The van der Waals surface area contributed by atoms with E-state index in [2.05, 4.69) is 6.92 Å². The fraction of sp³-hybridized carbons (Fsp3) is 0.500. The smallest absolute Gasteiger partial charge is 0.162 e. The summed E-state index contributed by atoms with van der Waals surface area (Å²) in [6.07, 6.45) is 2.42. The fourth-order valence-corrected chi connectivity index (χ4v) is 1.46. The van der Waals surface area contributed by atoms with Crippen LogP contribution in [0.1, 0.15) is 42.1 Å². The Balaban J connectivity index is 2.27. The second kappa shape index (κ2) is 7.18. The van der Waals surface area contributed by atoms with E-state index in [1.54, 1.807) is 0 Å². The molecule has 0 fully saturated rings. The number of rotatable bonds is 7. The van der Waals surface area contributed by atoms with Crippen LogP contribution in [0.2, 0.25) is 0 Å². The molecule has 0 aromatic heterocycles. The monoisotopic (exact) mass is 220 g/mol. The van der Waals surface area contributed by atoms with Crippen LogP contribution in [0.5, 0.6) is 0 Å². The van der Waals surface area contributed by atoms with Crippen LogP contribution in [0.25, 0.3) is 0 Å². The average molecular weight is 220 g/mol. The molecule has 0 unspecified atom stereocenters. The van der Waals surface area contributed by atoms with Gasteiger partial charge in [-0.05, 0) is 19.8 Å². The lowest BCUT2D eigenvalue weighted by Crippen LogP contribution is -2.02. The summed E-state index contributed by atoms with van der Waals surface area (Å²) in [5.74, 6) is 0.208. The zero-order valence-electron chi connectivity index (χ0n) is 10.2. The lowest BCUT2D eigenvalue weighted by Gasteiger charge is -2.03. The molecule has 2 heteroatoms. The van der Waals surface area contributed by atoms with E-state index in [0.29, 0.717) is 13.0 Å². The maximum absolute atomic E-state index is 11.7. The first kappa shape index (κ1) is 12.9. The van der Waals surface area contributed by atoms with Gasteiger partial charge < -0.3 is 4.74 Å². The van der Waals surface area contributed by atoms with Crippen molar-refractivity contribution in [2.75, 3.05) is 13.2 Å². The van der Waals surface area contributed by atoms with Gasteiger partial charge in [-0.3, -0.25) is 4.79 Å². The van der Waals surface area contributed by atoms with Gasteiger partial charge in [0.2, 0.25) is 0 Å². The van der Waals surface area contributed by atoms with Gasteiger partial charge in [-0.2, -0.15) is 0 Å². The third-order valence-corrected chi connectivity index (χ3v) is 2.41. The number of carbonyl (C=O) groups excluding carboxylic acids is 1. The molecular formula is C14H20O2. The van der Waals surface area contributed by atoms with Gasteiger partial charge in [0.1, 0.15) is 0 Å². The van der Waals surface area contributed by atoms with Gasteiger partial charge >= 0.3 is 0 Å². The van der Waals surface area contributed by atoms with Crippen LogP contribution >= 0.6 is 0 Å². The van der Waals surface area contributed by atoms with Crippen molar-refractivity contribution < 1.29 is 9.53 Å². The van der Waals surface area contributed by atoms with E-state index >= 15 is 0 Å². The minimum Gasteiger partial charge on any atom is -0.381 e. The summed E-state index contributed by atoms with van der Waals surface area (Å²) in [7, 11) is 0. The van der Waals surface area contributed by atoms with Crippen molar-refractivity contribution in [1.82, 2.24) is 0 Å². The van der Waals surface area contributed by atoms with Crippen LogP contribution in [0.3, 0.4) is 0 Å². The van der Waals surface area contributed by atoms with Crippen molar-refractivity contribution in [2.45, 2.75) is 33.1 Å². The lowest BCUT2D eigenvalue weighted by atomic mass is 10.1. The van der Waals surface area contributed by atoms with Crippen molar-refractivity contribution in [3.63, 3.8) is 0 Å². The van der Waals surface area contributed by atoms with Gasteiger partial charge in [0.25, 0.3) is 0 Å². The van der Waals surface area contributed by atoms with E-state index < -0.39 is 0 Å². The Labute approximate surface area is 97.6 Å². The molecule has 0 aliphatic rings. The maximum atomic E-state index is 11.7. The van der Waals surface area contributed by atoms with E-state index in [0.717, 1.165) is 25.0 Å². The molecule has 88 valence electrons. The highest BCUT2D eigenvalue weighted by molar-refractivity contribution is 5.96. The minimum absolute atomic E-state index is 0.208. The molecule has 0 atom stereocenters. The average Bonchev–Trinajstić information content (AvgIpc) is 2.29. The molecule has 0 saturated carbocycles. The summed E-state index contributed by atoms with van der Waals surface area (Å²) < 4.78 is 5.34. The van der Waals surface area contributed by atoms with Gasteiger partial charge in [0.05, 0.1) is 0 Å². The SMILES string of the molecule is CCCOCCCC(=O)c1ccc(C)cc1. The quantitative estimate of drug-likeness (QED) is 0.520. The van der Waals surface area contributed by atoms with Crippen LogP contribution < -0.4 is 0 Å². The maximum Gasteiger partial charge on any atom is 0.162 e. The highest BCUT2D eigenvalue weighted by Crippen LogP contribution is 2.07. The molecule has 0 aliphatic carbocycles. The van der Waals surface area contributed by atoms with Crippen molar-refractivity contribution in [3.05, 3.63) is 35.4 Å². The Kier molecular flexibility index (Phi) is 5.79. The normalized spacial score (nSPS) is 10.4. The number of hydrogen-bond donors (Lipinski definition) is 0. The summed E-state index contributed by atoms with van der Waals surface area (Å²) in [6, 6.07) is 7.73. The van der Waals surface area contributed by atoms with Crippen LogP contribution in [0.4, 0.5) is 0 Å². The van der Waals surface area contributed by atoms with Crippen molar-refractivity contribution in [3.8, 4) is 0 Å². The Morgan fingerprint density at radius 1 is 1.19 bits per heavy atom. The van der Waals surface area contributed by atoms with Gasteiger partial charge in [-0.25, -0.2) is 0 Å². The molecule has 0 amide bonds. The lowest BCUT2D eigenvalue weighted by molar-refractivity contribution is 0.0938. The zero-order chi connectivity index (χ0) is 11.8. The van der Waals surface area contributed by atoms with Crippen LogP contribution in [-0.2, 0) is 4.74 Å². The number of ketones is 1. The van der Waals surface area contributed by atoms with E-state index in [4.69, 9.17) is 4.74 Å². The molecule has 0 heterocycles. The van der Waals surface area contributed by atoms with Gasteiger partial charge in [0, 0.05) is 25.2 Å². The number of carbonyl (C=O) groups is 1. The van der Waals surface area contributed by atoms with Gasteiger partial charge in [-0.15, -0.1) is 0 Å². The molecule has 1 rings (SSSR count). The first-order valence-electron chi connectivity index (χ1n) is 5.91. The molecule has 0 radical (unpaired) electrons. The molecule has 0 spiro atoms. The van der Waals surface area contributed by atoms with E-state index in [9.17, 15) is 4.79 Å². The molecule has 0 aliphatic heterocycles. The highest BCUT2D eigenvalue weighted by Gasteiger charge is 2.04. The number of hydrogen-bond acceptors (Lipinski definition) is 2. The topological polar surface area (TPSA) is 26.3 Å². The molecule has 0 saturated heterocycles. The Hall–Kier alpha value is -1.15. The predicted octanol–water partition coefficient (Wildman–Crippen LogP) is 3.38. The minimum atomic E-state index is 0.208. The predicted molar refractivity (Wildman–Crippen MR) is 65.9 cm³/mol. The molecule has 1 aromatic rings. The molecule has 0 N–H and O–H groups in total. The van der Waals surface area contributed by atoms with Crippen molar-refractivity contribution in [1.29, 1.82) is 0 Å². The Morgan fingerprint density at radius 3 is 2.50 bits per heavy atom. The second-order valence-corrected chi connectivity index (χ2v) is 4.01. The standard InChI is InChI=1S/C14H20O2/c1-3-10-16-11-4-5-14(15)13-8-6-12(2)7-9-13/h6-9H,3-5,10-11H2,1-2H3. The number of Topliss-reactive ketones (excluding diaryl/α,β-unsaturated/α-hetero) is 1. The summed E-state index contributed by atoms with van der Waals surface area (Å²) in [5, 5.41) is 0. The number of benzene rings is 1. The van der Waals surface area contributed by atoms with Crippen molar-refractivity contribution in [2.24, 2.45) is 0 Å². The highest BCUT2D eigenvalue weighted by atomic mass is 16.5. The third kappa shape index (κ3) is 4.58. The summed E-state index contributed by atoms with van der Waals surface area (Å²) in [6.45, 7) is 5.58. The molecule has 2 nitrogen and oxygen atoms in total. The van der Waals surface area contributed by atoms with Gasteiger partial charge in [0.15, 0.2) is 5.78 Å². The molecule has 1 aromatic carbocycles. The van der Waals surface area contributed by atoms with Crippen LogP contribution in [0.15, 0.2) is 24.3 Å². The summed E-state index contributed by atoms with van der Waals surface area (Å²) >= 11 is 0. The first-order valence-corrected chi connectivity index (χ1v) is 5.91. The van der Waals surface area contributed by atoms with Crippen LogP contribution in [-0.4, -0.2) is 19.0 Å². The molecule has 0 bridgehead atoms. The van der Waals surface area contributed by atoms with E-state index in [1.165, 1.54) is 5.56 Å². The summed E-state index contributed by atoms with van der Waals surface area (Å²) in [4.78, 5) is 11.7. The number of aryl methyl sites for hydroxylation is 1. The molecule has 16 heavy (non-hydrogen) atoms. The largest absolute Gasteiger partial charge is 0.381 e. The Morgan fingerprint density at radius 2 is 1.88 bits per heavy atom. The van der Waals surface area contributed by atoms with Gasteiger partial charge in [-0.1, -0.05) is 36.8 Å². The van der Waals surface area contributed by atoms with Crippen LogP contribution in [0, 0.1) is 6.92 Å². The second-order valence-electron chi connectivity index (χ2n) is 4.01.